The summed E-state index contributed by atoms with van der Waals surface area (Å²) in [6, 6.07) is 13.9. The smallest absolute Gasteiger partial charge is 0.189 e. The second kappa shape index (κ2) is 8.84. The fourth-order valence-corrected chi connectivity index (χ4v) is 3.47. The summed E-state index contributed by atoms with van der Waals surface area (Å²) in [5.41, 5.74) is 4.80. The Morgan fingerprint density at radius 2 is 1.66 bits per heavy atom. The molecule has 2 aromatic carbocycles. The molecule has 7 heteroatoms. The van der Waals surface area contributed by atoms with Crippen LogP contribution in [0.5, 0.6) is 11.5 Å². The van der Waals surface area contributed by atoms with Gasteiger partial charge in [-0.1, -0.05) is 17.8 Å². The normalized spacial score (nSPS) is 10.3. The van der Waals surface area contributed by atoms with Crippen LogP contribution in [-0.2, 0) is 0 Å². The molecule has 0 saturated carbocycles. The van der Waals surface area contributed by atoms with Crippen molar-refractivity contribution < 1.29 is 9.47 Å². The number of ether oxygens (including phenoxy) is 2. The number of thioether (sulfide) groups is 1. The maximum Gasteiger partial charge on any atom is 0.189 e. The Kier molecular flexibility index (Phi) is 6.25. The Morgan fingerprint density at radius 1 is 0.966 bits per heavy atom. The molecule has 3 rings (SSSR count). The summed E-state index contributed by atoms with van der Waals surface area (Å²) >= 11 is 1.42. The van der Waals surface area contributed by atoms with E-state index in [-0.39, 0.29) is 0 Å². The highest BCUT2D eigenvalue weighted by molar-refractivity contribution is 7.98. The van der Waals surface area contributed by atoms with Gasteiger partial charge in [0.25, 0.3) is 0 Å². The maximum absolute atomic E-state index is 9.91. The zero-order valence-corrected chi connectivity index (χ0v) is 17.8. The SMILES string of the molecule is COc1ccc(-c2nc(SC)nc(Nc3cc(C)cc(C)c3)c2C#N)cc1OC. The maximum atomic E-state index is 9.91. The Hall–Kier alpha value is -3.24. The molecule has 3 aromatic rings. The van der Waals surface area contributed by atoms with Gasteiger partial charge in [-0.2, -0.15) is 5.26 Å². The number of anilines is 2. The molecule has 0 spiro atoms. The molecule has 0 aliphatic heterocycles. The van der Waals surface area contributed by atoms with Gasteiger partial charge in [-0.3, -0.25) is 0 Å². The van der Waals surface area contributed by atoms with Crippen molar-refractivity contribution in [2.75, 3.05) is 25.8 Å². The quantitative estimate of drug-likeness (QED) is 0.450. The summed E-state index contributed by atoms with van der Waals surface area (Å²) in [5.74, 6) is 1.66. The van der Waals surface area contributed by atoms with Crippen LogP contribution < -0.4 is 14.8 Å². The second-order valence-corrected chi connectivity index (χ2v) is 7.24. The van der Waals surface area contributed by atoms with Crippen LogP contribution in [0.3, 0.4) is 0 Å². The van der Waals surface area contributed by atoms with Crippen LogP contribution in [-0.4, -0.2) is 30.4 Å². The molecule has 0 bridgehead atoms. The molecule has 0 aliphatic carbocycles. The van der Waals surface area contributed by atoms with Crippen molar-refractivity contribution in [3.8, 4) is 28.8 Å². The number of nitrogens with one attached hydrogen (secondary N) is 1. The number of benzene rings is 2. The topological polar surface area (TPSA) is 80.1 Å². The van der Waals surface area contributed by atoms with Crippen LogP contribution >= 0.6 is 11.8 Å². The van der Waals surface area contributed by atoms with Crippen molar-refractivity contribution >= 4 is 23.3 Å². The van der Waals surface area contributed by atoms with E-state index in [9.17, 15) is 5.26 Å². The van der Waals surface area contributed by atoms with Gasteiger partial charge >= 0.3 is 0 Å². The molecular weight excluding hydrogens is 384 g/mol. The number of nitriles is 1. The van der Waals surface area contributed by atoms with Gasteiger partial charge in [0, 0.05) is 11.3 Å². The van der Waals surface area contributed by atoms with E-state index in [1.165, 1.54) is 11.8 Å². The highest BCUT2D eigenvalue weighted by Gasteiger charge is 2.18. The molecule has 0 amide bonds. The lowest BCUT2D eigenvalue weighted by atomic mass is 10.1. The summed E-state index contributed by atoms with van der Waals surface area (Å²) in [4.78, 5) is 9.13. The van der Waals surface area contributed by atoms with Crippen LogP contribution in [0.25, 0.3) is 11.3 Å². The van der Waals surface area contributed by atoms with E-state index in [0.29, 0.717) is 33.7 Å². The average molecular weight is 407 g/mol. The first-order chi connectivity index (χ1) is 14.0. The molecule has 0 atom stereocenters. The lowest BCUT2D eigenvalue weighted by molar-refractivity contribution is 0.355. The Morgan fingerprint density at radius 3 is 2.24 bits per heavy atom. The minimum atomic E-state index is 0.370. The zero-order valence-electron chi connectivity index (χ0n) is 17.0. The third kappa shape index (κ3) is 4.44. The molecular formula is C22H22N4O2S. The molecule has 29 heavy (non-hydrogen) atoms. The van der Waals surface area contributed by atoms with Gasteiger partial charge in [0.05, 0.1) is 19.9 Å². The van der Waals surface area contributed by atoms with Crippen LogP contribution in [0.4, 0.5) is 11.5 Å². The first kappa shape index (κ1) is 20.5. The summed E-state index contributed by atoms with van der Waals surface area (Å²) in [6.45, 7) is 4.07. The van der Waals surface area contributed by atoms with Crippen molar-refractivity contribution in [3.63, 3.8) is 0 Å². The van der Waals surface area contributed by atoms with E-state index in [4.69, 9.17) is 9.47 Å². The van der Waals surface area contributed by atoms with Crippen molar-refractivity contribution in [1.29, 1.82) is 5.26 Å². The van der Waals surface area contributed by atoms with Gasteiger partial charge in [0.2, 0.25) is 0 Å². The fraction of sp³-hybridized carbons (Fsp3) is 0.227. The number of hydrogen-bond acceptors (Lipinski definition) is 7. The van der Waals surface area contributed by atoms with Crippen LogP contribution in [0.2, 0.25) is 0 Å². The average Bonchev–Trinajstić information content (AvgIpc) is 2.71. The van der Waals surface area contributed by atoms with Gasteiger partial charge < -0.3 is 14.8 Å². The monoisotopic (exact) mass is 406 g/mol. The van der Waals surface area contributed by atoms with E-state index >= 15 is 0 Å². The molecule has 0 aliphatic rings. The van der Waals surface area contributed by atoms with E-state index in [2.05, 4.69) is 27.4 Å². The van der Waals surface area contributed by atoms with Gasteiger partial charge in [-0.15, -0.1) is 0 Å². The first-order valence-electron chi connectivity index (χ1n) is 8.93. The lowest BCUT2D eigenvalue weighted by Crippen LogP contribution is -2.04. The lowest BCUT2D eigenvalue weighted by Gasteiger charge is -2.14. The number of aromatic nitrogens is 2. The number of aryl methyl sites for hydroxylation is 2. The first-order valence-corrected chi connectivity index (χ1v) is 10.1. The van der Waals surface area contributed by atoms with Crippen molar-refractivity contribution in [2.24, 2.45) is 0 Å². The van der Waals surface area contributed by atoms with Gasteiger partial charge in [0.15, 0.2) is 22.5 Å². The molecule has 0 saturated heterocycles. The van der Waals surface area contributed by atoms with Crippen molar-refractivity contribution in [3.05, 3.63) is 53.1 Å². The molecule has 1 N–H and O–H groups in total. The summed E-state index contributed by atoms with van der Waals surface area (Å²) < 4.78 is 10.7. The standard InChI is InChI=1S/C22H22N4O2S/c1-13-8-14(2)10-16(9-13)24-21-17(12-23)20(25-22(26-21)29-5)15-6-7-18(27-3)19(11-15)28-4/h6-11H,1-5H3,(H,24,25,26). The molecule has 1 aromatic heterocycles. The van der Waals surface area contributed by atoms with E-state index in [1.807, 2.05) is 44.4 Å². The third-order valence-electron chi connectivity index (χ3n) is 4.32. The predicted octanol–water partition coefficient (Wildman–Crippen LogP) is 5.11. The van der Waals surface area contributed by atoms with Gasteiger partial charge in [-0.05, 0) is 61.6 Å². The van der Waals surface area contributed by atoms with Gasteiger partial charge in [-0.25, -0.2) is 9.97 Å². The molecule has 0 fully saturated rings. The van der Waals surface area contributed by atoms with E-state index < -0.39 is 0 Å². The Bertz CT molecular complexity index is 1070. The van der Waals surface area contributed by atoms with Crippen LogP contribution in [0.1, 0.15) is 16.7 Å². The summed E-state index contributed by atoms with van der Waals surface area (Å²) in [5, 5.41) is 13.8. The minimum absolute atomic E-state index is 0.370. The summed E-state index contributed by atoms with van der Waals surface area (Å²) in [6.07, 6.45) is 1.90. The zero-order chi connectivity index (χ0) is 21.0. The van der Waals surface area contributed by atoms with Gasteiger partial charge in [0.1, 0.15) is 11.6 Å². The van der Waals surface area contributed by atoms with Crippen molar-refractivity contribution in [2.45, 2.75) is 19.0 Å². The summed E-state index contributed by atoms with van der Waals surface area (Å²) in [7, 11) is 3.16. The van der Waals surface area contributed by atoms with E-state index in [0.717, 1.165) is 22.4 Å². The van der Waals surface area contributed by atoms with Crippen LogP contribution in [0, 0.1) is 25.2 Å². The minimum Gasteiger partial charge on any atom is -0.493 e. The highest BCUT2D eigenvalue weighted by Crippen LogP contribution is 2.35. The molecule has 0 unspecified atom stereocenters. The number of methoxy groups -OCH3 is 2. The molecule has 6 nitrogen and oxygen atoms in total. The van der Waals surface area contributed by atoms with Crippen molar-refractivity contribution in [1.82, 2.24) is 9.97 Å². The Labute approximate surface area is 174 Å². The molecule has 0 radical (unpaired) electrons. The largest absolute Gasteiger partial charge is 0.493 e. The third-order valence-corrected chi connectivity index (χ3v) is 4.87. The fourth-order valence-electron chi connectivity index (χ4n) is 3.10. The molecule has 1 heterocycles. The van der Waals surface area contributed by atoms with E-state index in [1.54, 1.807) is 20.3 Å². The number of rotatable bonds is 6. The molecule has 148 valence electrons. The number of hydrogen-bond donors (Lipinski definition) is 1. The Balaban J connectivity index is 2.16. The second-order valence-electron chi connectivity index (χ2n) is 6.47. The van der Waals surface area contributed by atoms with Crippen LogP contribution in [0.15, 0.2) is 41.6 Å². The predicted molar refractivity (Wildman–Crippen MR) is 116 cm³/mol. The number of nitrogens with zero attached hydrogens (tertiary/aromatic N) is 3. The highest BCUT2D eigenvalue weighted by atomic mass is 32.2.